The van der Waals surface area contributed by atoms with E-state index in [0.29, 0.717) is 11.3 Å². The Kier molecular flexibility index (Phi) is 4.53. The van der Waals surface area contributed by atoms with E-state index in [1.165, 1.54) is 25.3 Å². The van der Waals surface area contributed by atoms with Gasteiger partial charge in [0.05, 0.1) is 7.11 Å². The van der Waals surface area contributed by atoms with Gasteiger partial charge in [-0.2, -0.15) is 0 Å². The zero-order valence-corrected chi connectivity index (χ0v) is 11.0. The molecule has 0 atom stereocenters. The second-order valence-corrected chi connectivity index (χ2v) is 4.14. The van der Waals surface area contributed by atoms with Crippen molar-refractivity contribution in [3.8, 4) is 11.5 Å². The van der Waals surface area contributed by atoms with E-state index in [1.54, 1.807) is 18.2 Å². The molecule has 0 aliphatic rings. The van der Waals surface area contributed by atoms with Gasteiger partial charge < -0.3 is 15.2 Å². The van der Waals surface area contributed by atoms with Crippen LogP contribution >= 0.6 is 0 Å². The van der Waals surface area contributed by atoms with E-state index in [9.17, 15) is 8.78 Å². The van der Waals surface area contributed by atoms with E-state index in [4.69, 9.17) is 15.2 Å². The van der Waals surface area contributed by atoms with Gasteiger partial charge in [0.2, 0.25) is 0 Å². The van der Waals surface area contributed by atoms with Gasteiger partial charge in [-0.3, -0.25) is 0 Å². The molecule has 0 bridgehead atoms. The third kappa shape index (κ3) is 2.88. The predicted molar refractivity (Wildman–Crippen MR) is 71.6 cm³/mol. The Morgan fingerprint density at radius 2 is 1.75 bits per heavy atom. The summed E-state index contributed by atoms with van der Waals surface area (Å²) in [6, 6.07) is 9.19. The first kappa shape index (κ1) is 14.3. The Bertz CT molecular complexity index is 602. The van der Waals surface area contributed by atoms with E-state index < -0.39 is 11.6 Å². The molecule has 0 fully saturated rings. The number of methoxy groups -OCH3 is 1. The smallest absolute Gasteiger partial charge is 0.171 e. The molecule has 2 rings (SSSR count). The van der Waals surface area contributed by atoms with Crippen molar-refractivity contribution in [2.75, 3.05) is 7.11 Å². The van der Waals surface area contributed by atoms with Gasteiger partial charge in [0, 0.05) is 17.7 Å². The lowest BCUT2D eigenvalue weighted by atomic mass is 10.2. The minimum Gasteiger partial charge on any atom is -0.494 e. The lowest BCUT2D eigenvalue weighted by molar-refractivity contribution is 0.291. The summed E-state index contributed by atoms with van der Waals surface area (Å²) < 4.78 is 37.8. The summed E-state index contributed by atoms with van der Waals surface area (Å²) in [6.07, 6.45) is 0. The average molecular weight is 279 g/mol. The molecule has 2 aromatic carbocycles. The third-order valence-corrected chi connectivity index (χ3v) is 2.93. The maximum atomic E-state index is 13.9. The standard InChI is InChI=1S/C15H15F2NO2/c1-19-14-7-2-4-10(15(14)17)9-20-13-6-3-5-12(16)11(13)8-18/h2-7H,8-9,18H2,1H3. The fraction of sp³-hybridized carbons (Fsp3) is 0.200. The van der Waals surface area contributed by atoms with Crippen LogP contribution < -0.4 is 15.2 Å². The van der Waals surface area contributed by atoms with E-state index in [-0.39, 0.29) is 24.5 Å². The summed E-state index contributed by atoms with van der Waals surface area (Å²) >= 11 is 0. The molecule has 0 heterocycles. The van der Waals surface area contributed by atoms with Crippen LogP contribution in [0.3, 0.4) is 0 Å². The molecule has 0 spiro atoms. The number of benzene rings is 2. The van der Waals surface area contributed by atoms with Crippen molar-refractivity contribution in [3.63, 3.8) is 0 Å². The summed E-state index contributed by atoms with van der Waals surface area (Å²) in [5.74, 6) is -0.462. The van der Waals surface area contributed by atoms with E-state index >= 15 is 0 Å². The van der Waals surface area contributed by atoms with Crippen molar-refractivity contribution in [2.45, 2.75) is 13.2 Å². The SMILES string of the molecule is COc1cccc(COc2cccc(F)c2CN)c1F. The Hall–Kier alpha value is -2.14. The summed E-state index contributed by atoms with van der Waals surface area (Å²) in [5.41, 5.74) is 6.09. The lowest BCUT2D eigenvalue weighted by Crippen LogP contribution is -2.06. The monoisotopic (exact) mass is 279 g/mol. The molecule has 2 aromatic rings. The zero-order valence-electron chi connectivity index (χ0n) is 11.0. The van der Waals surface area contributed by atoms with E-state index in [1.807, 2.05) is 0 Å². The molecule has 0 saturated heterocycles. The van der Waals surface area contributed by atoms with Crippen LogP contribution in [0.15, 0.2) is 36.4 Å². The van der Waals surface area contributed by atoms with Gasteiger partial charge in [0.25, 0.3) is 0 Å². The minimum atomic E-state index is -0.485. The highest BCUT2D eigenvalue weighted by molar-refractivity contribution is 5.35. The molecule has 0 saturated carbocycles. The van der Waals surface area contributed by atoms with Crippen LogP contribution in [-0.2, 0) is 13.2 Å². The van der Waals surface area contributed by atoms with Crippen molar-refractivity contribution in [1.82, 2.24) is 0 Å². The van der Waals surface area contributed by atoms with Gasteiger partial charge in [0.1, 0.15) is 18.2 Å². The van der Waals surface area contributed by atoms with Crippen LogP contribution in [-0.4, -0.2) is 7.11 Å². The maximum Gasteiger partial charge on any atom is 0.171 e. The van der Waals surface area contributed by atoms with E-state index in [2.05, 4.69) is 0 Å². The van der Waals surface area contributed by atoms with Crippen LogP contribution in [0.25, 0.3) is 0 Å². The number of rotatable bonds is 5. The highest BCUT2D eigenvalue weighted by Crippen LogP contribution is 2.24. The Balaban J connectivity index is 2.19. The van der Waals surface area contributed by atoms with Crippen LogP contribution in [0.1, 0.15) is 11.1 Å². The predicted octanol–water partition coefficient (Wildman–Crippen LogP) is 3.01. The van der Waals surface area contributed by atoms with Crippen LogP contribution in [0.5, 0.6) is 11.5 Å². The first-order valence-electron chi connectivity index (χ1n) is 6.09. The number of hydrogen-bond donors (Lipinski definition) is 1. The molecule has 106 valence electrons. The van der Waals surface area contributed by atoms with Crippen LogP contribution in [0.2, 0.25) is 0 Å². The molecule has 0 amide bonds. The number of nitrogens with two attached hydrogens (primary N) is 1. The zero-order chi connectivity index (χ0) is 14.5. The van der Waals surface area contributed by atoms with Crippen molar-refractivity contribution in [3.05, 3.63) is 59.2 Å². The molecule has 5 heteroatoms. The molecule has 0 aliphatic carbocycles. The normalized spacial score (nSPS) is 10.4. The molecule has 0 aliphatic heterocycles. The number of halogens is 2. The third-order valence-electron chi connectivity index (χ3n) is 2.93. The fourth-order valence-electron chi connectivity index (χ4n) is 1.85. The molecule has 3 nitrogen and oxygen atoms in total. The van der Waals surface area contributed by atoms with Gasteiger partial charge in [0.15, 0.2) is 11.6 Å². The van der Waals surface area contributed by atoms with E-state index in [0.717, 1.165) is 0 Å². The molecule has 20 heavy (non-hydrogen) atoms. The Labute approximate surface area is 115 Å². The second kappa shape index (κ2) is 6.34. The minimum absolute atomic E-state index is 0.0165. The summed E-state index contributed by atoms with van der Waals surface area (Å²) in [4.78, 5) is 0. The molecular formula is C15H15F2NO2. The summed E-state index contributed by atoms with van der Waals surface area (Å²) in [5, 5.41) is 0. The maximum absolute atomic E-state index is 13.9. The lowest BCUT2D eigenvalue weighted by Gasteiger charge is -2.12. The van der Waals surface area contributed by atoms with Gasteiger partial charge in [-0.05, 0) is 18.2 Å². The van der Waals surface area contributed by atoms with Crippen molar-refractivity contribution in [2.24, 2.45) is 5.73 Å². The quantitative estimate of drug-likeness (QED) is 0.915. The average Bonchev–Trinajstić information content (AvgIpc) is 2.46. The van der Waals surface area contributed by atoms with Crippen molar-refractivity contribution >= 4 is 0 Å². The number of hydrogen-bond acceptors (Lipinski definition) is 3. The molecule has 0 aromatic heterocycles. The van der Waals surface area contributed by atoms with Gasteiger partial charge in [-0.15, -0.1) is 0 Å². The second-order valence-electron chi connectivity index (χ2n) is 4.14. The van der Waals surface area contributed by atoms with Gasteiger partial charge in [-0.1, -0.05) is 18.2 Å². The van der Waals surface area contributed by atoms with Gasteiger partial charge >= 0.3 is 0 Å². The molecular weight excluding hydrogens is 264 g/mol. The summed E-state index contributed by atoms with van der Waals surface area (Å²) in [7, 11) is 1.39. The topological polar surface area (TPSA) is 44.5 Å². The van der Waals surface area contributed by atoms with Crippen LogP contribution in [0.4, 0.5) is 8.78 Å². The van der Waals surface area contributed by atoms with Crippen LogP contribution in [0, 0.1) is 11.6 Å². The van der Waals surface area contributed by atoms with Gasteiger partial charge in [-0.25, -0.2) is 8.78 Å². The largest absolute Gasteiger partial charge is 0.494 e. The Morgan fingerprint density at radius 3 is 2.45 bits per heavy atom. The highest BCUT2D eigenvalue weighted by atomic mass is 19.1. The first-order valence-corrected chi connectivity index (χ1v) is 6.09. The highest BCUT2D eigenvalue weighted by Gasteiger charge is 2.11. The Morgan fingerprint density at radius 1 is 1.05 bits per heavy atom. The van der Waals surface area contributed by atoms with Crippen molar-refractivity contribution in [1.29, 1.82) is 0 Å². The molecule has 0 radical (unpaired) electrons. The number of ether oxygens (including phenoxy) is 2. The summed E-state index contributed by atoms with van der Waals surface area (Å²) in [6.45, 7) is -0.0118. The van der Waals surface area contributed by atoms with Crippen molar-refractivity contribution < 1.29 is 18.3 Å². The molecule has 0 unspecified atom stereocenters. The molecule has 2 N–H and O–H groups in total. The first-order chi connectivity index (χ1) is 9.67. The fourth-order valence-corrected chi connectivity index (χ4v) is 1.85.